The van der Waals surface area contributed by atoms with Crippen LogP contribution in [0, 0.1) is 25.2 Å². The quantitative estimate of drug-likeness (QED) is 0.684. The number of hydrogen-bond donors (Lipinski definition) is 1. The fourth-order valence-electron chi connectivity index (χ4n) is 1.98. The Bertz CT molecular complexity index is 739. The van der Waals surface area contributed by atoms with Crippen LogP contribution in [-0.2, 0) is 4.79 Å². The van der Waals surface area contributed by atoms with E-state index in [0.29, 0.717) is 5.69 Å². The monoisotopic (exact) mass is 276 g/mol. The van der Waals surface area contributed by atoms with E-state index in [4.69, 9.17) is 0 Å². The number of para-hydroxylation sites is 1. The van der Waals surface area contributed by atoms with Gasteiger partial charge in [0.1, 0.15) is 11.6 Å². The highest BCUT2D eigenvalue weighted by Gasteiger charge is 2.10. The number of anilines is 1. The number of nitrogens with one attached hydrogen (secondary N) is 1. The van der Waals surface area contributed by atoms with E-state index in [9.17, 15) is 10.1 Å². The van der Waals surface area contributed by atoms with Crippen molar-refractivity contribution >= 4 is 17.7 Å². The Morgan fingerprint density at radius 3 is 2.57 bits per heavy atom. The minimum Gasteiger partial charge on any atom is -0.321 e. The molecule has 2 aromatic rings. The Morgan fingerprint density at radius 1 is 1.14 bits per heavy atom. The van der Waals surface area contributed by atoms with Gasteiger partial charge in [-0.1, -0.05) is 48.0 Å². The van der Waals surface area contributed by atoms with Gasteiger partial charge in [-0.15, -0.1) is 0 Å². The first-order chi connectivity index (χ1) is 10.1. The van der Waals surface area contributed by atoms with Crippen molar-refractivity contribution in [1.29, 1.82) is 5.26 Å². The van der Waals surface area contributed by atoms with Gasteiger partial charge in [-0.05, 0) is 37.1 Å². The normalized spacial score (nSPS) is 10.8. The van der Waals surface area contributed by atoms with E-state index in [2.05, 4.69) is 5.32 Å². The molecular weight excluding hydrogens is 260 g/mol. The van der Waals surface area contributed by atoms with Crippen LogP contribution < -0.4 is 5.32 Å². The van der Waals surface area contributed by atoms with E-state index in [0.717, 1.165) is 16.7 Å². The lowest BCUT2D eigenvalue weighted by Gasteiger charge is -2.07. The predicted molar refractivity (Wildman–Crippen MR) is 84.6 cm³/mol. The molecule has 0 saturated heterocycles. The van der Waals surface area contributed by atoms with Crippen LogP contribution in [0.3, 0.4) is 0 Å². The van der Waals surface area contributed by atoms with Gasteiger partial charge in [0.25, 0.3) is 5.91 Å². The Morgan fingerprint density at radius 2 is 1.90 bits per heavy atom. The molecule has 0 aliphatic heterocycles. The first-order valence-electron chi connectivity index (χ1n) is 6.65. The molecule has 3 nitrogen and oxygen atoms in total. The van der Waals surface area contributed by atoms with Crippen molar-refractivity contribution in [2.75, 3.05) is 5.32 Å². The molecule has 0 atom stereocenters. The largest absolute Gasteiger partial charge is 0.321 e. The molecule has 0 heterocycles. The summed E-state index contributed by atoms with van der Waals surface area (Å²) in [7, 11) is 0. The molecule has 0 fully saturated rings. The summed E-state index contributed by atoms with van der Waals surface area (Å²) in [5, 5.41) is 12.0. The van der Waals surface area contributed by atoms with Crippen LogP contribution in [0.2, 0.25) is 0 Å². The third-order valence-electron chi connectivity index (χ3n) is 3.11. The maximum Gasteiger partial charge on any atom is 0.266 e. The van der Waals surface area contributed by atoms with Gasteiger partial charge in [0.15, 0.2) is 0 Å². The number of amides is 1. The Labute approximate surface area is 124 Å². The van der Waals surface area contributed by atoms with E-state index in [1.54, 1.807) is 6.08 Å². The Balaban J connectivity index is 2.24. The zero-order valence-electron chi connectivity index (χ0n) is 12.1. The van der Waals surface area contributed by atoms with Crippen LogP contribution in [-0.4, -0.2) is 5.91 Å². The molecule has 2 rings (SSSR count). The molecule has 0 aliphatic carbocycles. The third-order valence-corrected chi connectivity index (χ3v) is 3.11. The molecule has 21 heavy (non-hydrogen) atoms. The van der Waals surface area contributed by atoms with Gasteiger partial charge in [0.2, 0.25) is 0 Å². The minimum absolute atomic E-state index is 0.0869. The Kier molecular flexibility index (Phi) is 4.53. The minimum atomic E-state index is -0.395. The summed E-state index contributed by atoms with van der Waals surface area (Å²) in [6.45, 7) is 3.88. The summed E-state index contributed by atoms with van der Waals surface area (Å²) in [4.78, 5) is 12.2. The van der Waals surface area contributed by atoms with Crippen LogP contribution >= 0.6 is 0 Å². The summed E-state index contributed by atoms with van der Waals surface area (Å²) in [5.74, 6) is -0.395. The second kappa shape index (κ2) is 6.53. The number of benzene rings is 2. The second-order valence-electron chi connectivity index (χ2n) is 4.85. The van der Waals surface area contributed by atoms with Gasteiger partial charge in [-0.3, -0.25) is 4.79 Å². The SMILES string of the molecule is Cc1cccc(/C=C(\C#N)C(=O)Nc2ccccc2C)c1. The molecule has 104 valence electrons. The molecule has 0 saturated carbocycles. The lowest BCUT2D eigenvalue weighted by Crippen LogP contribution is -2.14. The number of aryl methyl sites for hydroxylation is 2. The zero-order chi connectivity index (χ0) is 15.2. The number of carbonyl (C=O) groups is 1. The average Bonchev–Trinajstić information content (AvgIpc) is 2.47. The molecule has 0 spiro atoms. The van der Waals surface area contributed by atoms with E-state index in [-0.39, 0.29) is 5.57 Å². The van der Waals surface area contributed by atoms with Gasteiger partial charge < -0.3 is 5.32 Å². The van der Waals surface area contributed by atoms with Crippen LogP contribution in [0.4, 0.5) is 5.69 Å². The van der Waals surface area contributed by atoms with Crippen molar-refractivity contribution in [2.45, 2.75) is 13.8 Å². The topological polar surface area (TPSA) is 52.9 Å². The number of rotatable bonds is 3. The summed E-state index contributed by atoms with van der Waals surface area (Å²) in [6, 6.07) is 17.1. The maximum absolute atomic E-state index is 12.2. The van der Waals surface area contributed by atoms with Gasteiger partial charge in [-0.2, -0.15) is 5.26 Å². The molecule has 3 heteroatoms. The maximum atomic E-state index is 12.2. The fraction of sp³-hybridized carbons (Fsp3) is 0.111. The van der Waals surface area contributed by atoms with Crippen LogP contribution in [0.5, 0.6) is 0 Å². The molecule has 1 amide bonds. The summed E-state index contributed by atoms with van der Waals surface area (Å²) < 4.78 is 0. The number of nitrogens with zero attached hydrogens (tertiary/aromatic N) is 1. The van der Waals surface area contributed by atoms with Crippen molar-refractivity contribution in [2.24, 2.45) is 0 Å². The van der Waals surface area contributed by atoms with Gasteiger partial charge in [0, 0.05) is 5.69 Å². The van der Waals surface area contributed by atoms with E-state index in [1.807, 2.05) is 68.4 Å². The summed E-state index contributed by atoms with van der Waals surface area (Å²) in [6.07, 6.45) is 1.60. The highest BCUT2D eigenvalue weighted by atomic mass is 16.1. The molecule has 0 aliphatic rings. The zero-order valence-corrected chi connectivity index (χ0v) is 12.1. The van der Waals surface area contributed by atoms with Gasteiger partial charge in [0.05, 0.1) is 0 Å². The average molecular weight is 276 g/mol. The third kappa shape index (κ3) is 3.80. The second-order valence-corrected chi connectivity index (χ2v) is 4.85. The molecular formula is C18H16N2O. The molecule has 0 aromatic heterocycles. The highest BCUT2D eigenvalue weighted by molar-refractivity contribution is 6.09. The van der Waals surface area contributed by atoms with Crippen LogP contribution in [0.15, 0.2) is 54.1 Å². The number of nitriles is 1. The van der Waals surface area contributed by atoms with Crippen LogP contribution in [0.1, 0.15) is 16.7 Å². The fourth-order valence-corrected chi connectivity index (χ4v) is 1.98. The van der Waals surface area contributed by atoms with Crippen molar-refractivity contribution in [1.82, 2.24) is 0 Å². The molecule has 0 radical (unpaired) electrons. The standard InChI is InChI=1S/C18H16N2O/c1-13-6-5-8-15(10-13)11-16(12-19)18(21)20-17-9-4-3-7-14(17)2/h3-11H,1-2H3,(H,20,21)/b16-11+. The van der Waals surface area contributed by atoms with Crippen molar-refractivity contribution in [3.63, 3.8) is 0 Å². The molecule has 0 unspecified atom stereocenters. The molecule has 2 aromatic carbocycles. The lowest BCUT2D eigenvalue weighted by molar-refractivity contribution is -0.112. The Hall–Kier alpha value is -2.86. The van der Waals surface area contributed by atoms with E-state index in [1.165, 1.54) is 0 Å². The smallest absolute Gasteiger partial charge is 0.266 e. The van der Waals surface area contributed by atoms with Crippen molar-refractivity contribution in [3.05, 3.63) is 70.8 Å². The van der Waals surface area contributed by atoms with E-state index >= 15 is 0 Å². The number of hydrogen-bond acceptors (Lipinski definition) is 2. The summed E-state index contributed by atoms with van der Waals surface area (Å²) >= 11 is 0. The highest BCUT2D eigenvalue weighted by Crippen LogP contribution is 2.15. The number of carbonyl (C=O) groups excluding carboxylic acids is 1. The van der Waals surface area contributed by atoms with Gasteiger partial charge >= 0.3 is 0 Å². The van der Waals surface area contributed by atoms with Crippen molar-refractivity contribution in [3.8, 4) is 6.07 Å². The summed E-state index contributed by atoms with van der Waals surface area (Å²) in [5.41, 5.74) is 3.68. The molecule has 0 bridgehead atoms. The predicted octanol–water partition coefficient (Wildman–Crippen LogP) is 3.85. The van der Waals surface area contributed by atoms with Crippen LogP contribution in [0.25, 0.3) is 6.08 Å². The lowest BCUT2D eigenvalue weighted by atomic mass is 10.1. The van der Waals surface area contributed by atoms with Crippen molar-refractivity contribution < 1.29 is 4.79 Å². The first-order valence-corrected chi connectivity index (χ1v) is 6.65. The first kappa shape index (κ1) is 14.5. The van der Waals surface area contributed by atoms with E-state index < -0.39 is 5.91 Å². The molecule has 1 N–H and O–H groups in total. The van der Waals surface area contributed by atoms with Gasteiger partial charge in [-0.25, -0.2) is 0 Å².